The van der Waals surface area contributed by atoms with Crippen LogP contribution in [0.2, 0.25) is 0 Å². The van der Waals surface area contributed by atoms with Gasteiger partial charge in [-0.1, -0.05) is 54.2 Å². The van der Waals surface area contributed by atoms with Crippen molar-refractivity contribution in [2.45, 2.75) is 10.9 Å². The number of hydrogen-bond acceptors (Lipinski definition) is 6. The molecule has 0 fully saturated rings. The number of thioether (sulfide) groups is 1. The van der Waals surface area contributed by atoms with Crippen molar-refractivity contribution in [3.8, 4) is 0 Å². The van der Waals surface area contributed by atoms with Gasteiger partial charge in [0.1, 0.15) is 0 Å². The predicted molar refractivity (Wildman–Crippen MR) is 93.2 cm³/mol. The molecule has 0 unspecified atom stereocenters. The fourth-order valence-electron chi connectivity index (χ4n) is 1.63. The average molecular weight is 313 g/mol. The van der Waals surface area contributed by atoms with Gasteiger partial charge in [-0.15, -0.1) is 13.2 Å². The van der Waals surface area contributed by atoms with Crippen molar-refractivity contribution in [3.05, 3.63) is 61.2 Å². The van der Waals surface area contributed by atoms with Gasteiger partial charge < -0.3 is 10.6 Å². The number of aromatic nitrogens is 3. The van der Waals surface area contributed by atoms with Crippen LogP contribution in [0, 0.1) is 0 Å². The van der Waals surface area contributed by atoms with Crippen LogP contribution in [0.5, 0.6) is 0 Å². The summed E-state index contributed by atoms with van der Waals surface area (Å²) in [4.78, 5) is 13.1. The van der Waals surface area contributed by atoms with E-state index in [4.69, 9.17) is 0 Å². The first kappa shape index (κ1) is 16.0. The van der Waals surface area contributed by atoms with E-state index in [2.05, 4.69) is 50.9 Å². The van der Waals surface area contributed by atoms with Crippen molar-refractivity contribution in [3.63, 3.8) is 0 Å². The van der Waals surface area contributed by atoms with E-state index in [0.717, 1.165) is 5.75 Å². The highest BCUT2D eigenvalue weighted by Crippen LogP contribution is 2.21. The molecule has 1 aromatic heterocycles. The summed E-state index contributed by atoms with van der Waals surface area (Å²) < 4.78 is 0. The van der Waals surface area contributed by atoms with Gasteiger partial charge in [-0.05, 0) is 5.56 Å². The number of nitrogens with zero attached hydrogens (tertiary/aromatic N) is 3. The van der Waals surface area contributed by atoms with E-state index in [1.165, 1.54) is 5.56 Å². The minimum atomic E-state index is 0.539. The first-order chi connectivity index (χ1) is 10.8. The summed E-state index contributed by atoms with van der Waals surface area (Å²) in [6.07, 6.45) is 3.52. The van der Waals surface area contributed by atoms with Crippen LogP contribution in [-0.2, 0) is 5.75 Å². The van der Waals surface area contributed by atoms with Crippen LogP contribution >= 0.6 is 11.8 Å². The van der Waals surface area contributed by atoms with Gasteiger partial charge in [-0.2, -0.15) is 15.0 Å². The molecule has 1 aromatic carbocycles. The maximum Gasteiger partial charge on any atom is 0.228 e. The quantitative estimate of drug-likeness (QED) is 0.547. The molecule has 0 aliphatic heterocycles. The maximum atomic E-state index is 4.41. The summed E-state index contributed by atoms with van der Waals surface area (Å²) in [7, 11) is 0. The van der Waals surface area contributed by atoms with Gasteiger partial charge in [-0.25, -0.2) is 0 Å². The summed E-state index contributed by atoms with van der Waals surface area (Å²) in [6.45, 7) is 8.57. The Labute approximate surface area is 135 Å². The Morgan fingerprint density at radius 3 is 2.05 bits per heavy atom. The normalized spacial score (nSPS) is 10.0. The SMILES string of the molecule is C=CCNc1nc(NCC=C)nc(SCc2ccccc2)n1. The van der Waals surface area contributed by atoms with Gasteiger partial charge in [0, 0.05) is 18.8 Å². The molecule has 0 saturated heterocycles. The predicted octanol–water partition coefficient (Wildman–Crippen LogP) is 3.36. The Kier molecular flexibility index (Phi) is 6.44. The lowest BCUT2D eigenvalue weighted by Gasteiger charge is -2.08. The van der Waals surface area contributed by atoms with Crippen molar-refractivity contribution in [2.75, 3.05) is 23.7 Å². The Bertz CT molecular complexity index is 585. The Hall–Kier alpha value is -2.34. The molecular formula is C16H19N5S. The minimum Gasteiger partial charge on any atom is -0.351 e. The molecule has 2 N–H and O–H groups in total. The molecule has 2 aromatic rings. The number of nitrogens with one attached hydrogen (secondary N) is 2. The fourth-order valence-corrected chi connectivity index (χ4v) is 2.42. The third kappa shape index (κ3) is 5.21. The molecular weight excluding hydrogens is 294 g/mol. The largest absolute Gasteiger partial charge is 0.351 e. The number of anilines is 2. The summed E-state index contributed by atoms with van der Waals surface area (Å²) in [5.74, 6) is 1.89. The lowest BCUT2D eigenvalue weighted by Crippen LogP contribution is -2.10. The lowest BCUT2D eigenvalue weighted by molar-refractivity contribution is 0.902. The Morgan fingerprint density at radius 2 is 1.50 bits per heavy atom. The number of hydrogen-bond donors (Lipinski definition) is 2. The van der Waals surface area contributed by atoms with E-state index in [1.807, 2.05) is 18.2 Å². The third-order valence-electron chi connectivity index (χ3n) is 2.63. The monoisotopic (exact) mass is 313 g/mol. The highest BCUT2D eigenvalue weighted by molar-refractivity contribution is 7.98. The van der Waals surface area contributed by atoms with E-state index in [-0.39, 0.29) is 0 Å². The lowest BCUT2D eigenvalue weighted by atomic mass is 10.2. The van der Waals surface area contributed by atoms with E-state index in [1.54, 1.807) is 23.9 Å². The summed E-state index contributed by atoms with van der Waals surface area (Å²) in [5.41, 5.74) is 1.23. The van der Waals surface area contributed by atoms with E-state index in [9.17, 15) is 0 Å². The first-order valence-corrected chi connectivity index (χ1v) is 7.92. The van der Waals surface area contributed by atoms with E-state index < -0.39 is 0 Å². The van der Waals surface area contributed by atoms with E-state index in [0.29, 0.717) is 30.1 Å². The molecule has 6 heteroatoms. The molecule has 0 aliphatic rings. The standard InChI is InChI=1S/C16H19N5S/c1-3-10-17-14-19-15(18-11-4-2)21-16(20-14)22-12-13-8-6-5-7-9-13/h3-9H,1-2,10-12H2,(H2,17,18,19,20,21). The van der Waals surface area contributed by atoms with Crippen LogP contribution in [0.4, 0.5) is 11.9 Å². The average Bonchev–Trinajstić information content (AvgIpc) is 2.57. The molecule has 2 rings (SSSR count). The van der Waals surface area contributed by atoms with Crippen LogP contribution in [0.15, 0.2) is 60.8 Å². The maximum absolute atomic E-state index is 4.41. The highest BCUT2D eigenvalue weighted by atomic mass is 32.2. The van der Waals surface area contributed by atoms with Gasteiger partial charge in [0.15, 0.2) is 5.16 Å². The summed E-state index contributed by atoms with van der Waals surface area (Å²) >= 11 is 1.57. The highest BCUT2D eigenvalue weighted by Gasteiger charge is 2.06. The summed E-state index contributed by atoms with van der Waals surface area (Å²) in [5, 5.41) is 6.86. The molecule has 22 heavy (non-hydrogen) atoms. The molecule has 0 spiro atoms. The van der Waals surface area contributed by atoms with Crippen molar-refractivity contribution in [1.82, 2.24) is 15.0 Å². The van der Waals surface area contributed by atoms with Crippen LogP contribution in [0.1, 0.15) is 5.56 Å². The summed E-state index contributed by atoms with van der Waals surface area (Å²) in [6, 6.07) is 10.2. The smallest absolute Gasteiger partial charge is 0.228 e. The topological polar surface area (TPSA) is 62.7 Å². The zero-order chi connectivity index (χ0) is 15.6. The van der Waals surface area contributed by atoms with Gasteiger partial charge >= 0.3 is 0 Å². The van der Waals surface area contributed by atoms with Crippen molar-refractivity contribution in [1.29, 1.82) is 0 Å². The number of benzene rings is 1. The van der Waals surface area contributed by atoms with Gasteiger partial charge in [0.05, 0.1) is 0 Å². The molecule has 5 nitrogen and oxygen atoms in total. The second kappa shape index (κ2) is 8.84. The van der Waals surface area contributed by atoms with E-state index >= 15 is 0 Å². The van der Waals surface area contributed by atoms with Crippen molar-refractivity contribution in [2.24, 2.45) is 0 Å². The molecule has 114 valence electrons. The number of rotatable bonds is 9. The second-order valence-corrected chi connectivity index (χ2v) is 5.32. The first-order valence-electron chi connectivity index (χ1n) is 6.94. The molecule has 0 bridgehead atoms. The van der Waals surface area contributed by atoms with Crippen LogP contribution in [-0.4, -0.2) is 28.0 Å². The zero-order valence-electron chi connectivity index (χ0n) is 12.3. The molecule has 1 heterocycles. The minimum absolute atomic E-state index is 0.539. The molecule has 0 saturated carbocycles. The van der Waals surface area contributed by atoms with Gasteiger partial charge in [0.2, 0.25) is 11.9 Å². The van der Waals surface area contributed by atoms with Crippen LogP contribution in [0.25, 0.3) is 0 Å². The van der Waals surface area contributed by atoms with Gasteiger partial charge in [0.25, 0.3) is 0 Å². The van der Waals surface area contributed by atoms with Crippen molar-refractivity contribution < 1.29 is 0 Å². The fraction of sp³-hybridized carbons (Fsp3) is 0.188. The Balaban J connectivity index is 2.09. The molecule has 0 radical (unpaired) electrons. The molecule has 0 amide bonds. The second-order valence-electron chi connectivity index (χ2n) is 4.38. The third-order valence-corrected chi connectivity index (χ3v) is 3.55. The molecule has 0 atom stereocenters. The van der Waals surface area contributed by atoms with Crippen molar-refractivity contribution >= 4 is 23.7 Å². The van der Waals surface area contributed by atoms with Crippen LogP contribution < -0.4 is 10.6 Å². The van der Waals surface area contributed by atoms with Gasteiger partial charge in [-0.3, -0.25) is 0 Å². The molecule has 0 aliphatic carbocycles. The zero-order valence-corrected chi connectivity index (χ0v) is 13.1. The Morgan fingerprint density at radius 1 is 0.909 bits per heavy atom. The van der Waals surface area contributed by atoms with Crippen LogP contribution in [0.3, 0.4) is 0 Å².